The molecule has 0 radical (unpaired) electrons. The largest absolute Gasteiger partial charge is 0.497 e. The molecule has 0 saturated carbocycles. The summed E-state index contributed by atoms with van der Waals surface area (Å²) in [6.07, 6.45) is -8.11. The number of carbonyl (C=O) groups is 1. The Morgan fingerprint density at radius 3 is 2.12 bits per heavy atom. The predicted molar refractivity (Wildman–Crippen MR) is 152 cm³/mol. The summed E-state index contributed by atoms with van der Waals surface area (Å²) >= 11 is 0. The Kier molecular flexibility index (Phi) is 9.79. The lowest BCUT2D eigenvalue weighted by Crippen LogP contribution is -2.49. The van der Waals surface area contributed by atoms with E-state index in [1.165, 1.54) is 24.1 Å². The molecule has 0 aromatic heterocycles. The van der Waals surface area contributed by atoms with Crippen molar-refractivity contribution in [2.45, 2.75) is 76.4 Å². The molecule has 0 amide bonds. The Hall–Kier alpha value is -3.53. The van der Waals surface area contributed by atoms with Crippen LogP contribution in [0.3, 0.4) is 0 Å². The molecule has 3 unspecified atom stereocenters. The average molecular weight is 608 g/mol. The first-order valence-electron chi connectivity index (χ1n) is 14.2. The van der Waals surface area contributed by atoms with Gasteiger partial charge in [0.15, 0.2) is 0 Å². The Labute approximate surface area is 247 Å². The quantitative estimate of drug-likeness (QED) is 0.247. The molecule has 4 rings (SSSR count). The first-order chi connectivity index (χ1) is 20.2. The minimum Gasteiger partial charge on any atom is -0.497 e. The third-order valence-corrected chi connectivity index (χ3v) is 7.97. The topological polar surface area (TPSA) is 49.8 Å². The Morgan fingerprint density at radius 2 is 1.58 bits per heavy atom. The second kappa shape index (κ2) is 13.0. The van der Waals surface area contributed by atoms with Crippen LogP contribution in [0.5, 0.6) is 5.75 Å². The predicted octanol–water partition coefficient (Wildman–Crippen LogP) is 9.25. The molecule has 43 heavy (non-hydrogen) atoms. The van der Waals surface area contributed by atoms with E-state index in [1.54, 1.807) is 42.5 Å². The summed E-state index contributed by atoms with van der Waals surface area (Å²) < 4.78 is 88.1. The van der Waals surface area contributed by atoms with E-state index < -0.39 is 41.9 Å². The fraction of sp³-hybridized carbons (Fsp3) is 0.424. The Morgan fingerprint density at radius 1 is 0.930 bits per heavy atom. The van der Waals surface area contributed by atoms with E-state index >= 15 is 0 Å². The minimum absolute atomic E-state index is 0.00691. The molecule has 0 bridgehead atoms. The van der Waals surface area contributed by atoms with Gasteiger partial charge in [-0.25, -0.2) is 0 Å². The zero-order valence-corrected chi connectivity index (χ0v) is 24.2. The van der Waals surface area contributed by atoms with E-state index in [-0.39, 0.29) is 25.3 Å². The minimum atomic E-state index is -4.53. The van der Waals surface area contributed by atoms with Crippen molar-refractivity contribution in [1.29, 1.82) is 0 Å². The number of alkyl halides is 6. The third kappa shape index (κ3) is 7.90. The standard InChI is InChI=1S/C33H35F6NO3/c1-20(2)15-28(31(41)42)24-16-23(22-9-11-26(12-10-22)32(34,35)36)17-25(18-24)29-5-4-6-30(33(37,38)39)40(29)19-21-7-13-27(43-3)14-8-21/h7-14,16-18,20,28-30H,4-6,15,19H2,1-3H3,(H,41,42). The highest BCUT2D eigenvalue weighted by molar-refractivity contribution is 5.78. The van der Waals surface area contributed by atoms with Crippen LogP contribution >= 0.6 is 0 Å². The number of halogens is 6. The van der Waals surface area contributed by atoms with Crippen LogP contribution in [-0.2, 0) is 17.5 Å². The number of aliphatic carboxylic acids is 1. The molecule has 1 aliphatic heterocycles. The van der Waals surface area contributed by atoms with Gasteiger partial charge in [-0.05, 0) is 89.8 Å². The van der Waals surface area contributed by atoms with E-state index in [2.05, 4.69) is 0 Å². The molecule has 1 heterocycles. The van der Waals surface area contributed by atoms with E-state index in [0.717, 1.165) is 12.1 Å². The van der Waals surface area contributed by atoms with Gasteiger partial charge in [-0.3, -0.25) is 9.69 Å². The van der Waals surface area contributed by atoms with Crippen molar-refractivity contribution < 1.29 is 41.0 Å². The molecule has 232 valence electrons. The highest BCUT2D eigenvalue weighted by Gasteiger charge is 2.47. The maximum atomic E-state index is 14.4. The molecule has 0 aliphatic carbocycles. The number of rotatable bonds is 9. The van der Waals surface area contributed by atoms with E-state index in [0.29, 0.717) is 46.4 Å². The normalized spacial score (nSPS) is 18.9. The lowest BCUT2D eigenvalue weighted by atomic mass is 9.83. The third-order valence-electron chi connectivity index (χ3n) is 7.97. The molecule has 0 spiro atoms. The van der Waals surface area contributed by atoms with Crippen LogP contribution in [0.4, 0.5) is 26.3 Å². The number of carboxylic acid groups (broad SMARTS) is 1. The van der Waals surface area contributed by atoms with Crippen LogP contribution < -0.4 is 4.74 Å². The molecular weight excluding hydrogens is 572 g/mol. The van der Waals surface area contributed by atoms with Crippen molar-refractivity contribution in [3.05, 3.63) is 89.0 Å². The maximum absolute atomic E-state index is 14.4. The van der Waals surface area contributed by atoms with Crippen molar-refractivity contribution in [3.63, 3.8) is 0 Å². The monoisotopic (exact) mass is 607 g/mol. The highest BCUT2D eigenvalue weighted by atomic mass is 19.4. The number of benzene rings is 3. The number of methoxy groups -OCH3 is 1. The summed E-state index contributed by atoms with van der Waals surface area (Å²) in [6.45, 7) is 3.75. The molecule has 3 atom stereocenters. The van der Waals surface area contributed by atoms with Crippen LogP contribution in [-0.4, -0.2) is 35.3 Å². The number of hydrogen-bond donors (Lipinski definition) is 1. The van der Waals surface area contributed by atoms with Gasteiger partial charge in [0.05, 0.1) is 18.6 Å². The molecule has 3 aromatic rings. The molecule has 1 fully saturated rings. The van der Waals surface area contributed by atoms with Gasteiger partial charge in [-0.15, -0.1) is 0 Å². The van der Waals surface area contributed by atoms with Gasteiger partial charge < -0.3 is 9.84 Å². The molecule has 1 N–H and O–H groups in total. The van der Waals surface area contributed by atoms with Crippen LogP contribution in [0.2, 0.25) is 0 Å². The van der Waals surface area contributed by atoms with Gasteiger partial charge in [-0.2, -0.15) is 26.3 Å². The van der Waals surface area contributed by atoms with Crippen molar-refractivity contribution in [1.82, 2.24) is 4.90 Å². The molecule has 4 nitrogen and oxygen atoms in total. The first-order valence-corrected chi connectivity index (χ1v) is 14.2. The zero-order valence-electron chi connectivity index (χ0n) is 24.2. The second-order valence-electron chi connectivity index (χ2n) is 11.5. The van der Waals surface area contributed by atoms with Crippen molar-refractivity contribution in [2.75, 3.05) is 7.11 Å². The van der Waals surface area contributed by atoms with Crippen molar-refractivity contribution in [3.8, 4) is 16.9 Å². The summed E-state index contributed by atoms with van der Waals surface area (Å²) in [7, 11) is 1.50. The number of nitrogens with zero attached hydrogens (tertiary/aromatic N) is 1. The molecule has 1 saturated heterocycles. The average Bonchev–Trinajstić information content (AvgIpc) is 2.95. The smallest absolute Gasteiger partial charge is 0.416 e. The fourth-order valence-electron chi connectivity index (χ4n) is 5.86. The molecule has 3 aromatic carbocycles. The zero-order chi connectivity index (χ0) is 31.5. The Bertz CT molecular complexity index is 1380. The molecule has 10 heteroatoms. The summed E-state index contributed by atoms with van der Waals surface area (Å²) in [5.41, 5.74) is 1.60. The van der Waals surface area contributed by atoms with Crippen molar-refractivity contribution in [2.24, 2.45) is 5.92 Å². The maximum Gasteiger partial charge on any atom is 0.416 e. The van der Waals surface area contributed by atoms with E-state index in [9.17, 15) is 36.2 Å². The second-order valence-corrected chi connectivity index (χ2v) is 11.5. The first kappa shape index (κ1) is 32.4. The van der Waals surface area contributed by atoms with E-state index in [1.807, 2.05) is 13.8 Å². The van der Waals surface area contributed by atoms with Crippen LogP contribution in [0.25, 0.3) is 11.1 Å². The van der Waals surface area contributed by atoms with E-state index in [4.69, 9.17) is 4.74 Å². The van der Waals surface area contributed by atoms with Gasteiger partial charge in [0.2, 0.25) is 0 Å². The lowest BCUT2D eigenvalue weighted by molar-refractivity contribution is -0.201. The van der Waals surface area contributed by atoms with Gasteiger partial charge in [0.1, 0.15) is 11.8 Å². The van der Waals surface area contributed by atoms with Gasteiger partial charge >= 0.3 is 18.3 Å². The van der Waals surface area contributed by atoms with Crippen LogP contribution in [0.1, 0.15) is 73.7 Å². The number of carboxylic acids is 1. The lowest BCUT2D eigenvalue weighted by Gasteiger charge is -2.43. The number of ether oxygens (including phenoxy) is 1. The Balaban J connectivity index is 1.85. The van der Waals surface area contributed by atoms with Crippen LogP contribution in [0, 0.1) is 5.92 Å². The summed E-state index contributed by atoms with van der Waals surface area (Å²) in [5, 5.41) is 10.1. The molecule has 1 aliphatic rings. The number of piperidine rings is 1. The fourth-order valence-corrected chi connectivity index (χ4v) is 5.86. The van der Waals surface area contributed by atoms with Gasteiger partial charge in [0.25, 0.3) is 0 Å². The number of likely N-dealkylation sites (tertiary alicyclic amines) is 1. The van der Waals surface area contributed by atoms with Crippen molar-refractivity contribution >= 4 is 5.97 Å². The highest BCUT2D eigenvalue weighted by Crippen LogP contribution is 2.44. The van der Waals surface area contributed by atoms with Crippen LogP contribution in [0.15, 0.2) is 66.7 Å². The summed E-state index contributed by atoms with van der Waals surface area (Å²) in [5.74, 6) is -1.43. The summed E-state index contributed by atoms with van der Waals surface area (Å²) in [6, 6.07) is 13.8. The SMILES string of the molecule is COc1ccc(CN2C(c3cc(-c4ccc(C(F)(F)F)cc4)cc(C(CC(C)C)C(=O)O)c3)CCCC2C(F)(F)F)cc1. The number of hydrogen-bond acceptors (Lipinski definition) is 3. The van der Waals surface area contributed by atoms with Gasteiger partial charge in [0, 0.05) is 12.6 Å². The van der Waals surface area contributed by atoms with Gasteiger partial charge in [-0.1, -0.05) is 50.2 Å². The summed E-state index contributed by atoms with van der Waals surface area (Å²) in [4.78, 5) is 13.8. The molecular formula is C33H35F6NO3.